The minimum Gasteiger partial charge on any atom is -0.392 e. The minimum atomic E-state index is -0.650. The highest BCUT2D eigenvalue weighted by Crippen LogP contribution is 2.24. The van der Waals surface area contributed by atoms with E-state index in [9.17, 15) is 14.3 Å². The normalized spacial score (nSPS) is 12.3. The zero-order valence-corrected chi connectivity index (χ0v) is 16.7. The van der Waals surface area contributed by atoms with Crippen LogP contribution in [-0.2, 0) is 13.6 Å². The summed E-state index contributed by atoms with van der Waals surface area (Å²) in [5.74, 6) is -0.659. The summed E-state index contributed by atoms with van der Waals surface area (Å²) < 4.78 is 18.3. The first kappa shape index (κ1) is 19.8. The Morgan fingerprint density at radius 3 is 2.80 bits per heavy atom. The van der Waals surface area contributed by atoms with Crippen LogP contribution in [0.25, 0.3) is 22.2 Å². The quantitative estimate of drug-likeness (QED) is 0.515. The maximum absolute atomic E-state index is 14.8. The van der Waals surface area contributed by atoms with Crippen molar-refractivity contribution in [2.75, 3.05) is 6.54 Å². The number of hydrogen-bond donors (Lipinski definition) is 2. The molecule has 7 nitrogen and oxygen atoms in total. The van der Waals surface area contributed by atoms with E-state index >= 15 is 0 Å². The number of aliphatic hydroxyl groups is 1. The van der Waals surface area contributed by atoms with Crippen LogP contribution >= 0.6 is 0 Å². The average molecular weight is 407 g/mol. The summed E-state index contributed by atoms with van der Waals surface area (Å²) in [7, 11) is 1.81. The second-order valence-corrected chi connectivity index (χ2v) is 7.31. The van der Waals surface area contributed by atoms with Gasteiger partial charge in [0.1, 0.15) is 11.3 Å². The fraction of sp³-hybridized carbons (Fsp3) is 0.227. The lowest BCUT2D eigenvalue weighted by atomic mass is 10.1. The van der Waals surface area contributed by atoms with Gasteiger partial charge in [0.25, 0.3) is 5.91 Å². The van der Waals surface area contributed by atoms with Crippen LogP contribution < -0.4 is 5.32 Å². The minimum absolute atomic E-state index is 0.142. The summed E-state index contributed by atoms with van der Waals surface area (Å²) in [5.41, 5.74) is 3.75. The van der Waals surface area contributed by atoms with E-state index in [1.807, 2.05) is 29.9 Å². The molecule has 0 radical (unpaired) electrons. The average Bonchev–Trinajstić information content (AvgIpc) is 3.32. The van der Waals surface area contributed by atoms with Crippen LogP contribution in [0.5, 0.6) is 0 Å². The molecule has 8 heteroatoms. The summed E-state index contributed by atoms with van der Waals surface area (Å²) in [5, 5.41) is 16.2. The van der Waals surface area contributed by atoms with Crippen molar-refractivity contribution >= 4 is 16.9 Å². The van der Waals surface area contributed by atoms with Crippen LogP contribution in [0.4, 0.5) is 4.39 Å². The molecule has 1 unspecified atom stereocenters. The lowest BCUT2D eigenvalue weighted by Gasteiger charge is -2.08. The molecule has 0 saturated heterocycles. The van der Waals surface area contributed by atoms with Gasteiger partial charge in [0.15, 0.2) is 0 Å². The number of benzene rings is 1. The van der Waals surface area contributed by atoms with Crippen LogP contribution in [0.3, 0.4) is 0 Å². The molecule has 0 bridgehead atoms. The smallest absolute Gasteiger partial charge is 0.255 e. The summed E-state index contributed by atoms with van der Waals surface area (Å²) in [6.45, 7) is 1.99. The summed E-state index contributed by atoms with van der Waals surface area (Å²) in [6, 6.07) is 8.71. The Morgan fingerprint density at radius 1 is 1.27 bits per heavy atom. The number of carbonyl (C=O) groups excluding carboxylic acids is 1. The molecule has 0 aliphatic carbocycles. The number of rotatable bonds is 6. The van der Waals surface area contributed by atoms with E-state index < -0.39 is 6.10 Å². The van der Waals surface area contributed by atoms with Gasteiger partial charge < -0.3 is 15.0 Å². The van der Waals surface area contributed by atoms with Gasteiger partial charge in [-0.3, -0.25) is 14.5 Å². The van der Waals surface area contributed by atoms with Gasteiger partial charge in [-0.15, -0.1) is 0 Å². The van der Waals surface area contributed by atoms with Gasteiger partial charge in [0, 0.05) is 43.3 Å². The standard InChI is InChI=1S/C22H22FN5O2/c1-14(29)9-25-22(30)18-13-28(20-4-3-7-24-21(18)20)12-16-6-5-15(8-19(16)23)17-10-26-27(2)11-17/h3-8,10-11,13-14,29H,9,12H2,1-2H3,(H,25,30). The predicted octanol–water partition coefficient (Wildman–Crippen LogP) is 2.73. The van der Waals surface area contributed by atoms with Gasteiger partial charge >= 0.3 is 0 Å². The Hall–Kier alpha value is -3.52. The largest absolute Gasteiger partial charge is 0.392 e. The maximum Gasteiger partial charge on any atom is 0.255 e. The van der Waals surface area contributed by atoms with E-state index in [1.165, 1.54) is 6.07 Å². The molecule has 4 aromatic rings. The number of pyridine rings is 1. The maximum atomic E-state index is 14.8. The SMILES string of the molecule is CC(O)CNC(=O)c1cn(Cc2ccc(-c3cnn(C)c3)cc2F)c2cccnc12. The number of amides is 1. The molecule has 4 rings (SSSR count). The molecule has 2 N–H and O–H groups in total. The highest BCUT2D eigenvalue weighted by molar-refractivity contribution is 6.05. The Bertz CT molecular complexity index is 1210. The summed E-state index contributed by atoms with van der Waals surface area (Å²) >= 11 is 0. The molecule has 0 fully saturated rings. The van der Waals surface area contributed by atoms with Gasteiger partial charge in [-0.05, 0) is 30.7 Å². The number of aromatic nitrogens is 4. The fourth-order valence-corrected chi connectivity index (χ4v) is 3.36. The van der Waals surface area contributed by atoms with Crippen molar-refractivity contribution in [3.63, 3.8) is 0 Å². The molecule has 1 aromatic carbocycles. The highest BCUT2D eigenvalue weighted by atomic mass is 19.1. The van der Waals surface area contributed by atoms with Crippen LogP contribution in [0.15, 0.2) is 55.1 Å². The van der Waals surface area contributed by atoms with Crippen molar-refractivity contribution < 1.29 is 14.3 Å². The van der Waals surface area contributed by atoms with Crippen LogP contribution in [0, 0.1) is 5.82 Å². The number of nitrogens with one attached hydrogen (secondary N) is 1. The Labute approximate surface area is 172 Å². The fourth-order valence-electron chi connectivity index (χ4n) is 3.36. The van der Waals surface area contributed by atoms with Crippen LogP contribution in [-0.4, -0.2) is 43.0 Å². The molecule has 3 heterocycles. The molecule has 3 aromatic heterocycles. The van der Waals surface area contributed by atoms with Crippen molar-refractivity contribution in [2.45, 2.75) is 19.6 Å². The van der Waals surface area contributed by atoms with Crippen LogP contribution in [0.1, 0.15) is 22.8 Å². The van der Waals surface area contributed by atoms with E-state index in [4.69, 9.17) is 0 Å². The van der Waals surface area contributed by atoms with Crippen molar-refractivity contribution in [3.8, 4) is 11.1 Å². The van der Waals surface area contributed by atoms with E-state index in [0.717, 1.165) is 16.6 Å². The molecule has 30 heavy (non-hydrogen) atoms. The van der Waals surface area contributed by atoms with Gasteiger partial charge in [0.05, 0.1) is 29.9 Å². The number of halogens is 1. The third kappa shape index (κ3) is 3.95. The van der Waals surface area contributed by atoms with Crippen molar-refractivity contribution in [3.05, 3.63) is 72.1 Å². The van der Waals surface area contributed by atoms with Crippen molar-refractivity contribution in [1.82, 2.24) is 24.6 Å². The number of hydrogen-bond acceptors (Lipinski definition) is 4. The van der Waals surface area contributed by atoms with E-state index in [0.29, 0.717) is 16.6 Å². The lowest BCUT2D eigenvalue weighted by Crippen LogP contribution is -2.30. The molecule has 0 aliphatic rings. The van der Waals surface area contributed by atoms with Gasteiger partial charge in [-0.2, -0.15) is 5.10 Å². The monoisotopic (exact) mass is 407 g/mol. The molecule has 0 aliphatic heterocycles. The molecular weight excluding hydrogens is 385 g/mol. The van der Waals surface area contributed by atoms with Crippen molar-refractivity contribution in [1.29, 1.82) is 0 Å². The molecule has 154 valence electrons. The van der Waals surface area contributed by atoms with Gasteiger partial charge in [-0.1, -0.05) is 12.1 Å². The first-order chi connectivity index (χ1) is 14.4. The van der Waals surface area contributed by atoms with E-state index in [-0.39, 0.29) is 24.8 Å². The predicted molar refractivity (Wildman–Crippen MR) is 111 cm³/mol. The van der Waals surface area contributed by atoms with Gasteiger partial charge in [-0.25, -0.2) is 4.39 Å². The third-order valence-corrected chi connectivity index (χ3v) is 4.87. The topological polar surface area (TPSA) is 85.0 Å². The number of carbonyl (C=O) groups is 1. The third-order valence-electron chi connectivity index (χ3n) is 4.87. The molecular formula is C22H22FN5O2. The zero-order valence-electron chi connectivity index (χ0n) is 16.7. The van der Waals surface area contributed by atoms with E-state index in [1.54, 1.807) is 42.3 Å². The summed E-state index contributed by atoms with van der Waals surface area (Å²) in [4.78, 5) is 16.9. The molecule has 0 saturated carbocycles. The lowest BCUT2D eigenvalue weighted by molar-refractivity contribution is 0.0925. The zero-order chi connectivity index (χ0) is 21.3. The molecule has 1 amide bonds. The first-order valence-electron chi connectivity index (χ1n) is 9.60. The second-order valence-electron chi connectivity index (χ2n) is 7.31. The molecule has 0 spiro atoms. The second kappa shape index (κ2) is 8.08. The highest BCUT2D eigenvalue weighted by Gasteiger charge is 2.17. The summed E-state index contributed by atoms with van der Waals surface area (Å²) in [6.07, 6.45) is 6.16. The number of aryl methyl sites for hydroxylation is 1. The number of nitrogens with zero attached hydrogens (tertiary/aromatic N) is 4. The number of aliphatic hydroxyl groups excluding tert-OH is 1. The van der Waals surface area contributed by atoms with Crippen molar-refractivity contribution in [2.24, 2.45) is 7.05 Å². The van der Waals surface area contributed by atoms with Crippen LogP contribution in [0.2, 0.25) is 0 Å². The Morgan fingerprint density at radius 2 is 2.10 bits per heavy atom. The Kier molecular flexibility index (Phi) is 5.33. The Balaban J connectivity index is 1.65. The van der Waals surface area contributed by atoms with E-state index in [2.05, 4.69) is 15.4 Å². The number of fused-ring (bicyclic) bond motifs is 1. The molecule has 1 atom stereocenters. The first-order valence-corrected chi connectivity index (χ1v) is 9.60. The van der Waals surface area contributed by atoms with Gasteiger partial charge in [0.2, 0.25) is 0 Å².